The summed E-state index contributed by atoms with van der Waals surface area (Å²) in [4.78, 5) is 39.4. The molecule has 0 radical (unpaired) electrons. The van der Waals surface area contributed by atoms with Crippen LogP contribution in [0.5, 0.6) is 0 Å². The molecule has 2 N–H and O–H groups in total. The number of carbonyl (C=O) groups excluding carboxylic acids is 3. The molecule has 3 amide bonds. The Bertz CT molecular complexity index is 952. The summed E-state index contributed by atoms with van der Waals surface area (Å²) in [6.07, 6.45) is 0.152. The largest absolute Gasteiger partial charge is 0.350 e. The smallest absolute Gasteiger partial charge is 0.253 e. The van der Waals surface area contributed by atoms with E-state index in [0.29, 0.717) is 17.8 Å². The number of benzene rings is 2. The highest BCUT2D eigenvalue weighted by Crippen LogP contribution is 2.28. The van der Waals surface area contributed by atoms with Crippen molar-refractivity contribution in [2.75, 3.05) is 16.8 Å². The van der Waals surface area contributed by atoms with Crippen LogP contribution in [0.4, 0.5) is 11.4 Å². The van der Waals surface area contributed by atoms with E-state index < -0.39 is 5.92 Å². The van der Waals surface area contributed by atoms with Gasteiger partial charge in [0, 0.05) is 24.7 Å². The molecule has 0 bridgehead atoms. The fourth-order valence-electron chi connectivity index (χ4n) is 3.39. The van der Waals surface area contributed by atoms with Crippen LogP contribution in [-0.4, -0.2) is 30.3 Å². The molecule has 0 aromatic heterocycles. The lowest BCUT2D eigenvalue weighted by Crippen LogP contribution is -2.32. The predicted octanol–water partition coefficient (Wildman–Crippen LogP) is 3.43. The Morgan fingerprint density at radius 2 is 1.79 bits per heavy atom. The summed E-state index contributed by atoms with van der Waals surface area (Å²) >= 11 is 0. The summed E-state index contributed by atoms with van der Waals surface area (Å²) in [6, 6.07) is 12.7. The molecule has 1 heterocycles. The number of rotatable bonds is 5. The van der Waals surface area contributed by atoms with Gasteiger partial charge in [-0.15, -0.1) is 0 Å². The van der Waals surface area contributed by atoms with Crippen LogP contribution in [0.3, 0.4) is 0 Å². The lowest BCUT2D eigenvalue weighted by atomic mass is 10.1. The second-order valence-electron chi connectivity index (χ2n) is 7.84. The highest BCUT2D eigenvalue weighted by Gasteiger charge is 2.35. The number of nitrogens with zero attached hydrogens (tertiary/aromatic N) is 1. The van der Waals surface area contributed by atoms with Crippen molar-refractivity contribution in [1.82, 2.24) is 5.32 Å². The van der Waals surface area contributed by atoms with Gasteiger partial charge in [-0.2, -0.15) is 0 Å². The predicted molar refractivity (Wildman–Crippen MR) is 114 cm³/mol. The van der Waals surface area contributed by atoms with Gasteiger partial charge in [-0.3, -0.25) is 14.4 Å². The van der Waals surface area contributed by atoms with Crippen LogP contribution in [0.25, 0.3) is 0 Å². The molecule has 3 rings (SSSR count). The second-order valence-corrected chi connectivity index (χ2v) is 7.84. The Hall–Kier alpha value is -3.15. The molecule has 1 aliphatic heterocycles. The summed E-state index contributed by atoms with van der Waals surface area (Å²) in [7, 11) is 0. The van der Waals surface area contributed by atoms with Crippen molar-refractivity contribution in [3.05, 3.63) is 59.2 Å². The molecule has 0 spiro atoms. The average molecular weight is 393 g/mol. The molecule has 2 aromatic rings. The highest BCUT2D eigenvalue weighted by molar-refractivity contribution is 6.07. The van der Waals surface area contributed by atoms with Crippen LogP contribution in [0, 0.1) is 19.8 Å². The molecular formula is C23H27N3O3. The lowest BCUT2D eigenvalue weighted by Gasteiger charge is -2.18. The Labute approximate surface area is 171 Å². The molecule has 152 valence electrons. The number of nitrogens with one attached hydrogen (secondary N) is 2. The van der Waals surface area contributed by atoms with E-state index in [1.165, 1.54) is 0 Å². The van der Waals surface area contributed by atoms with Crippen molar-refractivity contribution in [2.24, 2.45) is 5.92 Å². The van der Waals surface area contributed by atoms with Crippen LogP contribution in [0.2, 0.25) is 0 Å². The Morgan fingerprint density at radius 1 is 1.07 bits per heavy atom. The molecule has 1 saturated heterocycles. The number of anilines is 2. The van der Waals surface area contributed by atoms with Crippen LogP contribution in [-0.2, 0) is 9.59 Å². The number of amides is 3. The molecule has 6 heteroatoms. The normalized spacial score (nSPS) is 16.2. The topological polar surface area (TPSA) is 78.5 Å². The van der Waals surface area contributed by atoms with E-state index in [2.05, 4.69) is 10.6 Å². The second kappa shape index (κ2) is 8.47. The maximum absolute atomic E-state index is 12.8. The fraction of sp³-hybridized carbons (Fsp3) is 0.348. The molecule has 1 atom stereocenters. The van der Waals surface area contributed by atoms with Gasteiger partial charge in [0.1, 0.15) is 0 Å². The number of aryl methyl sites for hydroxylation is 2. The van der Waals surface area contributed by atoms with Gasteiger partial charge in [0.25, 0.3) is 5.91 Å². The van der Waals surface area contributed by atoms with Gasteiger partial charge in [0.2, 0.25) is 11.8 Å². The number of carbonyl (C=O) groups is 3. The molecule has 1 aliphatic rings. The minimum atomic E-state index is -0.467. The van der Waals surface area contributed by atoms with E-state index in [4.69, 9.17) is 0 Å². The van der Waals surface area contributed by atoms with Gasteiger partial charge in [-0.05, 0) is 63.1 Å². The maximum Gasteiger partial charge on any atom is 0.253 e. The third-order valence-electron chi connectivity index (χ3n) is 5.15. The molecule has 0 saturated carbocycles. The van der Waals surface area contributed by atoms with Gasteiger partial charge in [-0.1, -0.05) is 18.2 Å². The summed E-state index contributed by atoms with van der Waals surface area (Å²) < 4.78 is 0. The molecule has 0 unspecified atom stereocenters. The first-order valence-electron chi connectivity index (χ1n) is 9.84. The van der Waals surface area contributed by atoms with Crippen molar-refractivity contribution >= 4 is 29.1 Å². The number of para-hydroxylation sites is 1. The van der Waals surface area contributed by atoms with E-state index >= 15 is 0 Å². The summed E-state index contributed by atoms with van der Waals surface area (Å²) in [5.74, 6) is -1.03. The van der Waals surface area contributed by atoms with Crippen molar-refractivity contribution in [2.45, 2.75) is 40.2 Å². The van der Waals surface area contributed by atoms with Crippen LogP contribution >= 0.6 is 0 Å². The summed E-state index contributed by atoms with van der Waals surface area (Å²) in [6.45, 7) is 8.11. The minimum absolute atomic E-state index is 0.00904. The summed E-state index contributed by atoms with van der Waals surface area (Å²) in [5, 5.41) is 5.68. The highest BCUT2D eigenvalue weighted by atomic mass is 16.2. The zero-order valence-corrected chi connectivity index (χ0v) is 17.3. The first kappa shape index (κ1) is 20.6. The Kier molecular flexibility index (Phi) is 6.01. The zero-order valence-electron chi connectivity index (χ0n) is 17.3. The lowest BCUT2D eigenvalue weighted by molar-refractivity contribution is -0.122. The first-order valence-corrected chi connectivity index (χ1v) is 9.84. The zero-order chi connectivity index (χ0) is 21.1. The monoisotopic (exact) mass is 393 g/mol. The van der Waals surface area contributed by atoms with Crippen LogP contribution in [0.15, 0.2) is 42.5 Å². The van der Waals surface area contributed by atoms with E-state index in [9.17, 15) is 14.4 Å². The summed E-state index contributed by atoms with van der Waals surface area (Å²) in [5.41, 5.74) is 3.93. The average Bonchev–Trinajstić information content (AvgIpc) is 3.05. The Morgan fingerprint density at radius 3 is 2.48 bits per heavy atom. The molecular weight excluding hydrogens is 366 g/mol. The number of hydrogen-bond acceptors (Lipinski definition) is 3. The number of hydrogen-bond donors (Lipinski definition) is 2. The van der Waals surface area contributed by atoms with Crippen molar-refractivity contribution in [3.8, 4) is 0 Å². The molecule has 2 aromatic carbocycles. The molecule has 0 aliphatic carbocycles. The van der Waals surface area contributed by atoms with Gasteiger partial charge in [-0.25, -0.2) is 0 Å². The third kappa shape index (κ3) is 4.65. The third-order valence-corrected chi connectivity index (χ3v) is 5.15. The van der Waals surface area contributed by atoms with Crippen LogP contribution < -0.4 is 15.5 Å². The van der Waals surface area contributed by atoms with Gasteiger partial charge in [0.05, 0.1) is 17.2 Å². The minimum Gasteiger partial charge on any atom is -0.350 e. The van der Waals surface area contributed by atoms with Crippen LogP contribution in [0.1, 0.15) is 41.8 Å². The molecule has 1 fully saturated rings. The Balaban J connectivity index is 1.73. The van der Waals surface area contributed by atoms with Crippen molar-refractivity contribution in [3.63, 3.8) is 0 Å². The van der Waals surface area contributed by atoms with E-state index in [1.54, 1.807) is 29.2 Å². The molecule has 6 nitrogen and oxygen atoms in total. The van der Waals surface area contributed by atoms with E-state index in [1.807, 2.05) is 45.9 Å². The van der Waals surface area contributed by atoms with Crippen molar-refractivity contribution in [1.29, 1.82) is 0 Å². The molecule has 29 heavy (non-hydrogen) atoms. The van der Waals surface area contributed by atoms with Gasteiger partial charge < -0.3 is 15.5 Å². The standard InChI is InChI=1S/C23H27N3O3/c1-14(2)24-23(29)19-7-5-6-8-20(19)25-22(28)17-12-21(27)26(13-17)18-10-9-15(3)16(4)11-18/h5-11,14,17H,12-13H2,1-4H3,(H,24,29)(H,25,28)/t17-/m1/s1. The van der Waals surface area contributed by atoms with E-state index in [-0.39, 0.29) is 30.2 Å². The fourth-order valence-corrected chi connectivity index (χ4v) is 3.39. The first-order chi connectivity index (χ1) is 13.8. The SMILES string of the molecule is Cc1ccc(N2C[C@H](C(=O)Nc3ccccc3C(=O)NC(C)C)CC2=O)cc1C. The van der Waals surface area contributed by atoms with Crippen molar-refractivity contribution < 1.29 is 14.4 Å². The maximum atomic E-state index is 12.8. The van der Waals surface area contributed by atoms with Gasteiger partial charge >= 0.3 is 0 Å². The quantitative estimate of drug-likeness (QED) is 0.817. The van der Waals surface area contributed by atoms with Gasteiger partial charge in [0.15, 0.2) is 0 Å². The van der Waals surface area contributed by atoms with E-state index in [0.717, 1.165) is 16.8 Å².